The van der Waals surface area contributed by atoms with Crippen molar-refractivity contribution in [1.82, 2.24) is 0 Å². The van der Waals surface area contributed by atoms with Crippen molar-refractivity contribution in [2.75, 3.05) is 6.61 Å². The highest BCUT2D eigenvalue weighted by Gasteiger charge is 2.41. The van der Waals surface area contributed by atoms with Crippen LogP contribution in [-0.2, 0) is 14.3 Å². The maximum atomic E-state index is 11.7. The molecular weight excluding hydrogens is 224 g/mol. The Balaban J connectivity index is 3.06. The smallest absolute Gasteiger partial charge is 0.303 e. The van der Waals surface area contributed by atoms with Crippen molar-refractivity contribution in [2.24, 2.45) is 11.8 Å². The van der Waals surface area contributed by atoms with Gasteiger partial charge in [0.15, 0.2) is 5.78 Å². The number of rotatable bonds is 3. The van der Waals surface area contributed by atoms with E-state index in [1.165, 1.54) is 13.0 Å². The van der Waals surface area contributed by atoms with Crippen molar-refractivity contribution in [3.8, 4) is 0 Å². The highest BCUT2D eigenvalue weighted by Crippen LogP contribution is 2.30. The van der Waals surface area contributed by atoms with Crippen LogP contribution in [0.25, 0.3) is 0 Å². The Morgan fingerprint density at radius 3 is 2.53 bits per heavy atom. The quantitative estimate of drug-likeness (QED) is 0.683. The van der Waals surface area contributed by atoms with E-state index in [0.717, 1.165) is 0 Å². The van der Waals surface area contributed by atoms with E-state index in [0.29, 0.717) is 0 Å². The van der Waals surface area contributed by atoms with Gasteiger partial charge in [-0.2, -0.15) is 0 Å². The van der Waals surface area contributed by atoms with Crippen LogP contribution in [0.5, 0.6) is 0 Å². The SMILES string of the molecule is CC(=O)O[C@@H]1C=C(CO)C(=O)[C@@H](O)[C@@H]1C(C)C. The van der Waals surface area contributed by atoms with Crippen molar-refractivity contribution in [3.63, 3.8) is 0 Å². The van der Waals surface area contributed by atoms with Gasteiger partial charge in [-0.15, -0.1) is 0 Å². The highest BCUT2D eigenvalue weighted by molar-refractivity contribution is 6.00. The van der Waals surface area contributed by atoms with E-state index in [-0.39, 0.29) is 11.5 Å². The summed E-state index contributed by atoms with van der Waals surface area (Å²) in [5, 5.41) is 18.9. The molecule has 0 amide bonds. The van der Waals surface area contributed by atoms with Gasteiger partial charge >= 0.3 is 5.97 Å². The predicted octanol–water partition coefficient (Wildman–Crippen LogP) is 0.0526. The molecule has 0 aromatic rings. The molecule has 3 atom stereocenters. The molecule has 17 heavy (non-hydrogen) atoms. The van der Waals surface area contributed by atoms with Crippen LogP contribution in [0.4, 0.5) is 0 Å². The molecule has 0 aromatic carbocycles. The number of Topliss-reactive ketones (excluding diaryl/α,β-unsaturated/α-hetero) is 1. The van der Waals surface area contributed by atoms with Crippen LogP contribution in [0.15, 0.2) is 11.6 Å². The van der Waals surface area contributed by atoms with Crippen LogP contribution >= 0.6 is 0 Å². The standard InChI is InChI=1S/C12H18O5/c1-6(2)10-9(17-7(3)14)4-8(5-13)11(15)12(10)16/h4,6,9-10,12-13,16H,5H2,1-3H3/t9-,10-,12+/m1/s1. The van der Waals surface area contributed by atoms with Gasteiger partial charge in [0.25, 0.3) is 0 Å². The molecule has 0 fully saturated rings. The summed E-state index contributed by atoms with van der Waals surface area (Å²) < 4.78 is 5.08. The summed E-state index contributed by atoms with van der Waals surface area (Å²) >= 11 is 0. The highest BCUT2D eigenvalue weighted by atomic mass is 16.5. The van der Waals surface area contributed by atoms with E-state index in [1.54, 1.807) is 0 Å². The fraction of sp³-hybridized carbons (Fsp3) is 0.667. The summed E-state index contributed by atoms with van der Waals surface area (Å²) in [5.74, 6) is -1.46. The van der Waals surface area contributed by atoms with Crippen molar-refractivity contribution in [1.29, 1.82) is 0 Å². The molecule has 1 aliphatic carbocycles. The van der Waals surface area contributed by atoms with Crippen molar-refractivity contribution < 1.29 is 24.5 Å². The van der Waals surface area contributed by atoms with E-state index < -0.39 is 36.5 Å². The second-order valence-electron chi connectivity index (χ2n) is 4.55. The molecule has 0 bridgehead atoms. The molecule has 0 unspecified atom stereocenters. The van der Waals surface area contributed by atoms with Gasteiger partial charge in [-0.05, 0) is 12.0 Å². The molecule has 5 nitrogen and oxygen atoms in total. The minimum absolute atomic E-state index is 0.0187. The molecule has 0 spiro atoms. The van der Waals surface area contributed by atoms with E-state index >= 15 is 0 Å². The van der Waals surface area contributed by atoms with Crippen LogP contribution < -0.4 is 0 Å². The Labute approximate surface area is 100 Å². The Morgan fingerprint density at radius 2 is 2.12 bits per heavy atom. The van der Waals surface area contributed by atoms with Crippen LogP contribution in [0.3, 0.4) is 0 Å². The number of ether oxygens (including phenoxy) is 1. The monoisotopic (exact) mass is 242 g/mol. The van der Waals surface area contributed by atoms with E-state index in [1.807, 2.05) is 13.8 Å². The first-order chi connectivity index (χ1) is 7.88. The van der Waals surface area contributed by atoms with E-state index in [4.69, 9.17) is 9.84 Å². The third-order valence-electron chi connectivity index (χ3n) is 2.94. The number of hydrogen-bond donors (Lipinski definition) is 2. The molecule has 5 heteroatoms. The summed E-state index contributed by atoms with van der Waals surface area (Å²) in [5.41, 5.74) is 0.0978. The van der Waals surface area contributed by atoms with Crippen molar-refractivity contribution >= 4 is 11.8 Å². The molecule has 1 aliphatic rings. The molecule has 0 aliphatic heterocycles. The summed E-state index contributed by atoms with van der Waals surface area (Å²) in [7, 11) is 0. The number of aliphatic hydroxyl groups excluding tert-OH is 2. The van der Waals surface area contributed by atoms with Gasteiger partial charge in [0.2, 0.25) is 0 Å². The Hall–Kier alpha value is -1.20. The molecule has 0 aromatic heterocycles. The summed E-state index contributed by atoms with van der Waals surface area (Å²) in [6, 6.07) is 0. The summed E-state index contributed by atoms with van der Waals surface area (Å²) in [6.07, 6.45) is -0.463. The average molecular weight is 242 g/mol. The number of hydrogen-bond acceptors (Lipinski definition) is 5. The minimum atomic E-state index is -1.23. The Kier molecular flexibility index (Phi) is 4.42. The molecule has 1 rings (SSSR count). The third kappa shape index (κ3) is 2.92. The van der Waals surface area contributed by atoms with Gasteiger partial charge in [0.05, 0.1) is 6.61 Å². The second kappa shape index (κ2) is 5.42. The summed E-state index contributed by atoms with van der Waals surface area (Å²) in [6.45, 7) is 4.50. The topological polar surface area (TPSA) is 83.8 Å². The number of ketones is 1. The first kappa shape index (κ1) is 13.9. The Bertz CT molecular complexity index is 345. The van der Waals surface area contributed by atoms with Gasteiger partial charge in [-0.3, -0.25) is 9.59 Å². The van der Waals surface area contributed by atoms with Gasteiger partial charge < -0.3 is 14.9 Å². The third-order valence-corrected chi connectivity index (χ3v) is 2.94. The lowest BCUT2D eigenvalue weighted by Gasteiger charge is -2.34. The summed E-state index contributed by atoms with van der Waals surface area (Å²) in [4.78, 5) is 22.7. The molecule has 0 saturated heterocycles. The lowest BCUT2D eigenvalue weighted by Crippen LogP contribution is -2.46. The number of esters is 1. The largest absolute Gasteiger partial charge is 0.458 e. The maximum Gasteiger partial charge on any atom is 0.303 e. The van der Waals surface area contributed by atoms with Crippen molar-refractivity contribution in [2.45, 2.75) is 33.0 Å². The number of carbonyl (C=O) groups is 2. The lowest BCUT2D eigenvalue weighted by molar-refractivity contribution is -0.153. The second-order valence-corrected chi connectivity index (χ2v) is 4.55. The normalized spacial score (nSPS) is 29.2. The first-order valence-corrected chi connectivity index (χ1v) is 5.59. The number of carbonyl (C=O) groups excluding carboxylic acids is 2. The maximum absolute atomic E-state index is 11.7. The van der Waals surface area contributed by atoms with Gasteiger partial charge in [-0.25, -0.2) is 0 Å². The molecule has 2 N–H and O–H groups in total. The molecule has 0 saturated carbocycles. The van der Waals surface area contributed by atoms with Crippen molar-refractivity contribution in [3.05, 3.63) is 11.6 Å². The van der Waals surface area contributed by atoms with Gasteiger partial charge in [-0.1, -0.05) is 13.8 Å². The van der Waals surface area contributed by atoms with Crippen LogP contribution in [-0.4, -0.2) is 40.8 Å². The van der Waals surface area contributed by atoms with E-state index in [9.17, 15) is 14.7 Å². The predicted molar refractivity (Wildman–Crippen MR) is 60.1 cm³/mol. The molecule has 96 valence electrons. The number of aliphatic hydroxyl groups is 2. The molecule has 0 heterocycles. The zero-order valence-corrected chi connectivity index (χ0v) is 10.2. The average Bonchev–Trinajstić information content (AvgIpc) is 2.21. The van der Waals surface area contributed by atoms with Crippen LogP contribution in [0.2, 0.25) is 0 Å². The fourth-order valence-corrected chi connectivity index (χ4v) is 2.11. The zero-order chi connectivity index (χ0) is 13.2. The fourth-order valence-electron chi connectivity index (χ4n) is 2.11. The first-order valence-electron chi connectivity index (χ1n) is 5.59. The Morgan fingerprint density at radius 1 is 1.53 bits per heavy atom. The molecule has 0 radical (unpaired) electrons. The minimum Gasteiger partial charge on any atom is -0.458 e. The van der Waals surface area contributed by atoms with Gasteiger partial charge in [0.1, 0.15) is 12.2 Å². The van der Waals surface area contributed by atoms with Gasteiger partial charge in [0, 0.05) is 18.4 Å². The van der Waals surface area contributed by atoms with Crippen LogP contribution in [0, 0.1) is 11.8 Å². The zero-order valence-electron chi connectivity index (χ0n) is 10.2. The van der Waals surface area contributed by atoms with Crippen LogP contribution in [0.1, 0.15) is 20.8 Å². The molecular formula is C12H18O5. The lowest BCUT2D eigenvalue weighted by atomic mass is 9.77. The van der Waals surface area contributed by atoms with E-state index in [2.05, 4.69) is 0 Å².